The highest BCUT2D eigenvalue weighted by Crippen LogP contribution is 2.31. The average Bonchev–Trinajstić information content (AvgIpc) is 3.40. The van der Waals surface area contributed by atoms with Gasteiger partial charge in [0.15, 0.2) is 0 Å². The van der Waals surface area contributed by atoms with Crippen LogP contribution >= 0.6 is 12.4 Å². The van der Waals surface area contributed by atoms with E-state index in [9.17, 15) is 13.2 Å². The zero-order chi connectivity index (χ0) is 28.6. The van der Waals surface area contributed by atoms with E-state index in [0.29, 0.717) is 36.8 Å². The van der Waals surface area contributed by atoms with Gasteiger partial charge < -0.3 is 19.7 Å². The van der Waals surface area contributed by atoms with E-state index >= 15 is 0 Å². The number of ether oxygens (including phenoxy) is 2. The Kier molecular flexibility index (Phi) is 9.03. The molecule has 3 aliphatic heterocycles. The molecule has 12 heteroatoms. The first kappa shape index (κ1) is 30.2. The van der Waals surface area contributed by atoms with Gasteiger partial charge in [-0.05, 0) is 68.4 Å². The topological polar surface area (TPSA) is 123 Å². The standard InChI is InChI=1S/C30H35N5O5S.ClH/c1-19-5-3-6-20(2)28(19)24-16-27-33-30(32-24)34-41(37,38)23-8-4-7-22(15-23)29(36)35(25-17-31-18-26(25)40-27)12-9-21-10-13-39-14-11-21;/h3-8,15-16,21,25-26,31H,9-14,17-18H2,1-2H3,(H,32,33,34);1H/t25-,26-;/m1./s1. The normalized spacial score (nSPS) is 22.0. The summed E-state index contributed by atoms with van der Waals surface area (Å²) in [5, 5.41) is 3.39. The van der Waals surface area contributed by atoms with Crippen LogP contribution in [0.2, 0.25) is 0 Å². The summed E-state index contributed by atoms with van der Waals surface area (Å²) in [5.41, 5.74) is 3.76. The Balaban J connectivity index is 0.00000353. The molecule has 2 fully saturated rings. The van der Waals surface area contributed by atoms with Crippen LogP contribution in [-0.4, -0.2) is 74.2 Å². The molecule has 1 aromatic heterocycles. The number of carbonyl (C=O) groups is 1. The third kappa shape index (κ3) is 6.24. The highest BCUT2D eigenvalue weighted by atomic mass is 35.5. The number of nitrogens with one attached hydrogen (secondary N) is 2. The van der Waals surface area contributed by atoms with Crippen molar-refractivity contribution in [2.24, 2.45) is 5.92 Å². The molecule has 0 unspecified atom stereocenters. The predicted octanol–water partition coefficient (Wildman–Crippen LogP) is 3.97. The summed E-state index contributed by atoms with van der Waals surface area (Å²) in [5.74, 6) is 0.409. The van der Waals surface area contributed by atoms with Crippen molar-refractivity contribution in [1.29, 1.82) is 0 Å². The third-order valence-electron chi connectivity index (χ3n) is 8.24. The Morgan fingerprint density at radius 1 is 1.00 bits per heavy atom. The van der Waals surface area contributed by atoms with Gasteiger partial charge in [0, 0.05) is 50.0 Å². The molecule has 0 radical (unpaired) electrons. The number of nitrogens with zero attached hydrogens (tertiary/aromatic N) is 3. The first-order chi connectivity index (χ1) is 19.8. The van der Waals surface area contributed by atoms with Crippen LogP contribution < -0.4 is 14.8 Å². The molecule has 224 valence electrons. The molecule has 42 heavy (non-hydrogen) atoms. The molecule has 2 aromatic carbocycles. The molecule has 1 amide bonds. The molecule has 0 spiro atoms. The minimum atomic E-state index is -4.09. The number of aryl methyl sites for hydroxylation is 2. The smallest absolute Gasteiger partial charge is 0.264 e. The maximum atomic E-state index is 14.0. The van der Waals surface area contributed by atoms with Crippen molar-refractivity contribution in [3.05, 3.63) is 65.2 Å². The van der Waals surface area contributed by atoms with E-state index in [4.69, 9.17) is 9.47 Å². The van der Waals surface area contributed by atoms with Crippen LogP contribution in [0.4, 0.5) is 5.95 Å². The van der Waals surface area contributed by atoms with Crippen LogP contribution in [-0.2, 0) is 14.8 Å². The fourth-order valence-electron chi connectivity index (χ4n) is 6.02. The lowest BCUT2D eigenvalue weighted by Gasteiger charge is -2.34. The minimum Gasteiger partial charge on any atom is -0.471 e. The molecule has 2 N–H and O–H groups in total. The van der Waals surface area contributed by atoms with Crippen LogP contribution in [0.5, 0.6) is 5.88 Å². The van der Waals surface area contributed by atoms with Crippen molar-refractivity contribution in [2.45, 2.75) is 50.2 Å². The number of hydrogen-bond acceptors (Lipinski definition) is 8. The number of carbonyl (C=O) groups excluding carboxylic acids is 1. The van der Waals surface area contributed by atoms with E-state index in [2.05, 4.69) is 20.0 Å². The summed E-state index contributed by atoms with van der Waals surface area (Å²) >= 11 is 0. The molecule has 3 aromatic rings. The summed E-state index contributed by atoms with van der Waals surface area (Å²) in [4.78, 5) is 24.9. The molecule has 0 saturated carbocycles. The number of hydrogen-bond donors (Lipinski definition) is 2. The number of rotatable bonds is 4. The summed E-state index contributed by atoms with van der Waals surface area (Å²) in [6.45, 7) is 7.07. The molecular formula is C30H36ClN5O5S. The lowest BCUT2D eigenvalue weighted by Crippen LogP contribution is -2.49. The molecule has 2 saturated heterocycles. The van der Waals surface area contributed by atoms with E-state index in [-0.39, 0.29) is 47.2 Å². The van der Waals surface area contributed by atoms with Crippen LogP contribution in [0.3, 0.4) is 0 Å². The van der Waals surface area contributed by atoms with Crippen molar-refractivity contribution in [3.63, 3.8) is 0 Å². The van der Waals surface area contributed by atoms with Gasteiger partial charge in [-0.15, -0.1) is 12.4 Å². The number of aromatic nitrogens is 2. The Morgan fingerprint density at radius 3 is 2.50 bits per heavy atom. The number of benzene rings is 2. The van der Waals surface area contributed by atoms with Gasteiger partial charge in [-0.2, -0.15) is 4.98 Å². The van der Waals surface area contributed by atoms with Gasteiger partial charge in [-0.25, -0.2) is 18.1 Å². The van der Waals surface area contributed by atoms with E-state index in [1.54, 1.807) is 18.2 Å². The number of sulfonamides is 1. The zero-order valence-electron chi connectivity index (χ0n) is 23.7. The van der Waals surface area contributed by atoms with Crippen molar-refractivity contribution < 1.29 is 22.7 Å². The molecular weight excluding hydrogens is 578 g/mol. The average molecular weight is 614 g/mol. The second kappa shape index (κ2) is 12.5. The third-order valence-corrected chi connectivity index (χ3v) is 9.56. The van der Waals surface area contributed by atoms with Crippen molar-refractivity contribution in [1.82, 2.24) is 20.2 Å². The van der Waals surface area contributed by atoms with Gasteiger partial charge in [0.1, 0.15) is 6.10 Å². The fourth-order valence-corrected chi connectivity index (χ4v) is 7.01. The molecule has 3 aliphatic rings. The summed E-state index contributed by atoms with van der Waals surface area (Å²) in [6.07, 6.45) is 2.39. The van der Waals surface area contributed by atoms with Gasteiger partial charge >= 0.3 is 0 Å². The van der Waals surface area contributed by atoms with Gasteiger partial charge in [0.2, 0.25) is 11.8 Å². The maximum absolute atomic E-state index is 14.0. The highest BCUT2D eigenvalue weighted by molar-refractivity contribution is 7.92. The molecule has 4 heterocycles. The molecule has 6 rings (SSSR count). The van der Waals surface area contributed by atoms with Gasteiger partial charge in [0.25, 0.3) is 15.9 Å². The molecule has 4 bridgehead atoms. The second-order valence-corrected chi connectivity index (χ2v) is 12.7. The first-order valence-electron chi connectivity index (χ1n) is 14.1. The minimum absolute atomic E-state index is 0. The number of fused-ring (bicyclic) bond motifs is 5. The lowest BCUT2D eigenvalue weighted by molar-refractivity contribution is 0.0425. The maximum Gasteiger partial charge on any atom is 0.264 e. The predicted molar refractivity (Wildman–Crippen MR) is 162 cm³/mol. The first-order valence-corrected chi connectivity index (χ1v) is 15.6. The summed E-state index contributed by atoms with van der Waals surface area (Å²) < 4.78 is 41.5. The monoisotopic (exact) mass is 613 g/mol. The van der Waals surface area contributed by atoms with Crippen LogP contribution in [0.25, 0.3) is 11.3 Å². The Hall–Kier alpha value is -3.25. The Morgan fingerprint density at radius 2 is 1.74 bits per heavy atom. The van der Waals surface area contributed by atoms with E-state index in [0.717, 1.165) is 49.2 Å². The zero-order valence-corrected chi connectivity index (χ0v) is 25.3. The van der Waals surface area contributed by atoms with Gasteiger partial charge in [-0.3, -0.25) is 4.79 Å². The van der Waals surface area contributed by atoms with Crippen molar-refractivity contribution >= 4 is 34.3 Å². The van der Waals surface area contributed by atoms with E-state index < -0.39 is 10.0 Å². The lowest BCUT2D eigenvalue weighted by atomic mass is 9.95. The highest BCUT2D eigenvalue weighted by Gasteiger charge is 2.38. The summed E-state index contributed by atoms with van der Waals surface area (Å²) in [7, 11) is -4.09. The van der Waals surface area contributed by atoms with Crippen molar-refractivity contribution in [2.75, 3.05) is 37.6 Å². The Labute approximate surface area is 252 Å². The number of halogens is 1. The number of amides is 1. The van der Waals surface area contributed by atoms with Crippen LogP contribution in [0, 0.1) is 19.8 Å². The largest absolute Gasteiger partial charge is 0.471 e. The van der Waals surface area contributed by atoms with E-state index in [1.165, 1.54) is 12.1 Å². The molecule has 10 nitrogen and oxygen atoms in total. The SMILES string of the molecule is Cc1cccc(C)c1-c1cc2nc(n1)NS(=O)(=O)c1cccc(c1)C(=O)N(CCC1CCOCC1)[C@@H]1CNC[C@H]1O2.Cl. The Bertz CT molecular complexity index is 1540. The quantitative estimate of drug-likeness (QED) is 0.453. The van der Waals surface area contributed by atoms with Gasteiger partial charge in [0.05, 0.1) is 16.6 Å². The summed E-state index contributed by atoms with van der Waals surface area (Å²) in [6, 6.07) is 13.6. The van der Waals surface area contributed by atoms with Crippen molar-refractivity contribution in [3.8, 4) is 17.1 Å². The van der Waals surface area contributed by atoms with Crippen LogP contribution in [0.1, 0.15) is 40.7 Å². The second-order valence-electron chi connectivity index (χ2n) is 11.0. The molecule has 0 aliphatic carbocycles. The van der Waals surface area contributed by atoms with Crippen LogP contribution in [0.15, 0.2) is 53.4 Å². The van der Waals surface area contributed by atoms with Gasteiger partial charge in [-0.1, -0.05) is 24.3 Å². The van der Waals surface area contributed by atoms with E-state index in [1.807, 2.05) is 36.9 Å². The fraction of sp³-hybridized carbons (Fsp3) is 0.433. The number of anilines is 1. The molecule has 2 atom stereocenters.